The second-order valence-electron chi connectivity index (χ2n) is 8.18. The highest BCUT2D eigenvalue weighted by Gasteiger charge is 2.42. The Hall–Kier alpha value is -2.63. The lowest BCUT2D eigenvalue weighted by molar-refractivity contribution is -0.142. The maximum Gasteiger partial charge on any atom is 0.435 e. The normalized spacial score (nSPS) is 21.8. The molecule has 0 aliphatic heterocycles. The molecule has 1 atom stereocenters. The molecular formula is C19H23F3N4O2. The molecule has 152 valence electrons. The number of hydrogen-bond donors (Lipinski definition) is 0. The highest BCUT2D eigenvalue weighted by molar-refractivity contribution is 6.03. The number of carbonyl (C=O) groups is 2. The van der Waals surface area contributed by atoms with Crippen molar-refractivity contribution in [2.45, 2.75) is 46.3 Å². The summed E-state index contributed by atoms with van der Waals surface area (Å²) in [5.41, 5.74) is -2.02. The van der Waals surface area contributed by atoms with Crippen LogP contribution in [0.15, 0.2) is 23.9 Å². The Morgan fingerprint density at radius 1 is 1.39 bits per heavy atom. The number of rotatable bonds is 5. The molecule has 0 fully saturated rings. The lowest BCUT2D eigenvalue weighted by Crippen LogP contribution is -2.39. The van der Waals surface area contributed by atoms with Crippen molar-refractivity contribution in [3.05, 3.63) is 29.6 Å². The van der Waals surface area contributed by atoms with E-state index >= 15 is 0 Å². The zero-order chi connectivity index (χ0) is 21.3. The van der Waals surface area contributed by atoms with Gasteiger partial charge in [0.25, 0.3) is 0 Å². The van der Waals surface area contributed by atoms with Crippen molar-refractivity contribution in [3.63, 3.8) is 0 Å². The molecule has 0 radical (unpaired) electrons. The summed E-state index contributed by atoms with van der Waals surface area (Å²) in [6, 6.07) is 2.77. The molecule has 1 aliphatic carbocycles. The summed E-state index contributed by atoms with van der Waals surface area (Å²) in [6.45, 7) is 5.56. The molecule has 0 spiro atoms. The van der Waals surface area contributed by atoms with Crippen LogP contribution in [-0.4, -0.2) is 40.0 Å². The molecule has 0 saturated heterocycles. The molecule has 1 aromatic rings. The van der Waals surface area contributed by atoms with Crippen molar-refractivity contribution in [1.82, 2.24) is 14.7 Å². The van der Waals surface area contributed by atoms with Gasteiger partial charge in [0.1, 0.15) is 12.6 Å². The van der Waals surface area contributed by atoms with Gasteiger partial charge in [0.15, 0.2) is 11.5 Å². The topological polar surface area (TPSA) is 79.0 Å². The maximum atomic E-state index is 12.6. The van der Waals surface area contributed by atoms with E-state index < -0.39 is 22.7 Å². The quantitative estimate of drug-likeness (QED) is 0.766. The van der Waals surface area contributed by atoms with Gasteiger partial charge in [-0.2, -0.15) is 23.5 Å². The lowest BCUT2D eigenvalue weighted by Gasteiger charge is -2.39. The standard InChI is InChI=1S/C19H23F3N4O2/c1-17(2)12-18(3,9-13(10-23)16(17)28)6-8-25(4)15(27)11-26-7-5-14(24-26)19(20,21)22/h5,7,9H,6,8,11-12H2,1-4H3/t18-/m1/s1. The number of alkyl halides is 3. The fourth-order valence-corrected chi connectivity index (χ4v) is 3.57. The van der Waals surface area contributed by atoms with Gasteiger partial charge < -0.3 is 4.90 Å². The van der Waals surface area contributed by atoms with Crippen molar-refractivity contribution in [2.24, 2.45) is 10.8 Å². The number of amides is 1. The average Bonchev–Trinajstić information content (AvgIpc) is 3.04. The number of ketones is 1. The van der Waals surface area contributed by atoms with E-state index in [1.54, 1.807) is 27.0 Å². The van der Waals surface area contributed by atoms with E-state index in [9.17, 15) is 28.0 Å². The van der Waals surface area contributed by atoms with Crippen LogP contribution < -0.4 is 0 Å². The van der Waals surface area contributed by atoms with Crippen LogP contribution in [0.5, 0.6) is 0 Å². The van der Waals surface area contributed by atoms with E-state index in [-0.39, 0.29) is 23.8 Å². The maximum absolute atomic E-state index is 12.6. The Kier molecular flexibility index (Phi) is 5.74. The van der Waals surface area contributed by atoms with Crippen LogP contribution in [0.4, 0.5) is 13.2 Å². The zero-order valence-corrected chi connectivity index (χ0v) is 16.3. The Balaban J connectivity index is 2.01. The number of carbonyl (C=O) groups excluding carboxylic acids is 2. The van der Waals surface area contributed by atoms with Gasteiger partial charge in [-0.05, 0) is 24.3 Å². The molecule has 0 aromatic carbocycles. The first kappa shape index (κ1) is 21.7. The first-order valence-electron chi connectivity index (χ1n) is 8.80. The summed E-state index contributed by atoms with van der Waals surface area (Å²) in [7, 11) is 1.56. The van der Waals surface area contributed by atoms with Crippen LogP contribution in [0.25, 0.3) is 0 Å². The van der Waals surface area contributed by atoms with Crippen LogP contribution in [0.3, 0.4) is 0 Å². The molecule has 0 N–H and O–H groups in total. The van der Waals surface area contributed by atoms with Crippen molar-refractivity contribution >= 4 is 11.7 Å². The summed E-state index contributed by atoms with van der Waals surface area (Å²) in [5.74, 6) is -0.563. The van der Waals surface area contributed by atoms with Gasteiger partial charge in [0, 0.05) is 25.2 Å². The van der Waals surface area contributed by atoms with E-state index in [0.29, 0.717) is 19.4 Å². The first-order valence-corrected chi connectivity index (χ1v) is 8.80. The molecule has 1 aromatic heterocycles. The van der Waals surface area contributed by atoms with Crippen LogP contribution in [0.2, 0.25) is 0 Å². The summed E-state index contributed by atoms with van der Waals surface area (Å²) in [6.07, 6.45) is -0.704. The molecule has 0 unspecified atom stereocenters. The van der Waals surface area contributed by atoms with Crippen LogP contribution in [0.1, 0.15) is 39.3 Å². The molecule has 6 nitrogen and oxygen atoms in total. The number of nitriles is 1. The Morgan fingerprint density at radius 2 is 2.04 bits per heavy atom. The predicted molar refractivity (Wildman–Crippen MR) is 94.7 cm³/mol. The third-order valence-corrected chi connectivity index (χ3v) is 4.99. The van der Waals surface area contributed by atoms with Crippen LogP contribution in [0, 0.1) is 22.2 Å². The van der Waals surface area contributed by atoms with Gasteiger partial charge in [0.05, 0.1) is 5.57 Å². The summed E-state index contributed by atoms with van der Waals surface area (Å²) < 4.78 is 38.7. The minimum absolute atomic E-state index is 0.129. The second kappa shape index (κ2) is 7.41. The Labute approximate surface area is 161 Å². The third kappa shape index (κ3) is 4.80. The van der Waals surface area contributed by atoms with Gasteiger partial charge in [-0.1, -0.05) is 26.8 Å². The second-order valence-corrected chi connectivity index (χ2v) is 8.18. The van der Waals surface area contributed by atoms with Gasteiger partial charge in [-0.15, -0.1) is 0 Å². The molecule has 1 aliphatic rings. The van der Waals surface area contributed by atoms with E-state index in [1.165, 1.54) is 4.90 Å². The molecule has 9 heteroatoms. The van der Waals surface area contributed by atoms with Crippen LogP contribution in [-0.2, 0) is 22.3 Å². The summed E-state index contributed by atoms with van der Waals surface area (Å²) in [5, 5.41) is 12.6. The van der Waals surface area contributed by atoms with Crippen LogP contribution >= 0.6 is 0 Å². The largest absolute Gasteiger partial charge is 0.435 e. The average molecular weight is 396 g/mol. The molecule has 1 amide bonds. The van der Waals surface area contributed by atoms with Gasteiger partial charge in [-0.25, -0.2) is 0 Å². The number of aromatic nitrogens is 2. The number of nitrogens with zero attached hydrogens (tertiary/aromatic N) is 4. The molecule has 28 heavy (non-hydrogen) atoms. The minimum Gasteiger partial charge on any atom is -0.344 e. The van der Waals surface area contributed by atoms with Crippen molar-refractivity contribution in [1.29, 1.82) is 5.26 Å². The number of halogens is 3. The fraction of sp³-hybridized carbons (Fsp3) is 0.579. The van der Waals surface area contributed by atoms with E-state index in [0.717, 1.165) is 16.9 Å². The van der Waals surface area contributed by atoms with Crippen molar-refractivity contribution in [2.75, 3.05) is 13.6 Å². The molecule has 0 bridgehead atoms. The van der Waals surface area contributed by atoms with Gasteiger partial charge >= 0.3 is 6.18 Å². The fourth-order valence-electron chi connectivity index (χ4n) is 3.57. The van der Waals surface area contributed by atoms with E-state index in [4.69, 9.17) is 0 Å². The van der Waals surface area contributed by atoms with E-state index in [1.807, 2.05) is 13.0 Å². The van der Waals surface area contributed by atoms with Crippen molar-refractivity contribution < 1.29 is 22.8 Å². The van der Waals surface area contributed by atoms with Gasteiger partial charge in [0.2, 0.25) is 5.91 Å². The molecule has 2 rings (SSSR count). The smallest absolute Gasteiger partial charge is 0.344 e. The summed E-state index contributed by atoms with van der Waals surface area (Å²) in [4.78, 5) is 26.0. The van der Waals surface area contributed by atoms with Crippen molar-refractivity contribution in [3.8, 4) is 6.07 Å². The Morgan fingerprint density at radius 3 is 2.57 bits per heavy atom. The highest BCUT2D eigenvalue weighted by Crippen LogP contribution is 2.44. The predicted octanol–water partition coefficient (Wildman–Crippen LogP) is 3.21. The number of hydrogen-bond acceptors (Lipinski definition) is 4. The SMILES string of the molecule is CN(CC[C@]1(C)C=C(C#N)C(=O)C(C)(C)C1)C(=O)Cn1ccc(C(F)(F)F)n1. The Bertz CT molecular complexity index is 848. The molecule has 1 heterocycles. The first-order chi connectivity index (χ1) is 12.8. The van der Waals surface area contributed by atoms with E-state index in [2.05, 4.69) is 5.10 Å². The molecular weight excluding hydrogens is 373 g/mol. The number of allylic oxidation sites excluding steroid dienone is 2. The highest BCUT2D eigenvalue weighted by atomic mass is 19.4. The lowest BCUT2D eigenvalue weighted by atomic mass is 9.64. The zero-order valence-electron chi connectivity index (χ0n) is 16.3. The summed E-state index contributed by atoms with van der Waals surface area (Å²) >= 11 is 0. The molecule has 0 saturated carbocycles. The number of likely N-dealkylation sites (N-methyl/N-ethyl adjacent to an activating group) is 1. The van der Waals surface area contributed by atoms with Gasteiger partial charge in [-0.3, -0.25) is 14.3 Å². The third-order valence-electron chi connectivity index (χ3n) is 4.99. The monoisotopic (exact) mass is 396 g/mol. The number of Topliss-reactive ketones (excluding diaryl/α,β-unsaturated/α-hetero) is 1. The minimum atomic E-state index is -4.55.